The number of hydrogen-bond acceptors (Lipinski definition) is 6. The molecule has 27 heavy (non-hydrogen) atoms. The molecule has 1 unspecified atom stereocenters. The van der Waals surface area contributed by atoms with E-state index in [1.54, 1.807) is 37.3 Å². The summed E-state index contributed by atoms with van der Waals surface area (Å²) in [5.74, 6) is -1.05. The van der Waals surface area contributed by atoms with Crippen LogP contribution in [0.15, 0.2) is 30.3 Å². The van der Waals surface area contributed by atoms with Crippen molar-refractivity contribution in [3.8, 4) is 0 Å². The highest BCUT2D eigenvalue weighted by molar-refractivity contribution is 7.58. The van der Waals surface area contributed by atoms with Gasteiger partial charge in [-0.3, -0.25) is 14.3 Å². The van der Waals surface area contributed by atoms with Gasteiger partial charge in [-0.05, 0) is 19.4 Å². The lowest BCUT2D eigenvalue weighted by atomic mass is 10.2. The summed E-state index contributed by atoms with van der Waals surface area (Å²) in [7, 11) is -5.26. The number of amides is 1. The first-order chi connectivity index (χ1) is 12.5. The van der Waals surface area contributed by atoms with Gasteiger partial charge in [0.25, 0.3) is 4.20 Å². The molecule has 0 radical (unpaired) electrons. The molecule has 0 saturated carbocycles. The van der Waals surface area contributed by atoms with E-state index in [2.05, 4.69) is 0 Å². The minimum atomic E-state index is -5.26. The average Bonchev–Trinajstić information content (AvgIpc) is 2.57. The first-order valence-electron chi connectivity index (χ1n) is 7.72. The van der Waals surface area contributed by atoms with Crippen LogP contribution in [0.5, 0.6) is 0 Å². The van der Waals surface area contributed by atoms with Crippen LogP contribution in [0.25, 0.3) is 0 Å². The van der Waals surface area contributed by atoms with Crippen molar-refractivity contribution < 1.29 is 38.2 Å². The Kier molecular flexibility index (Phi) is 9.01. The van der Waals surface area contributed by atoms with Gasteiger partial charge in [-0.2, -0.15) is 0 Å². The first-order valence-corrected chi connectivity index (χ1v) is 10.1. The molecular formula is C15H20Cl2NO8P. The summed E-state index contributed by atoms with van der Waals surface area (Å²) in [6.07, 6.45) is -2.26. The minimum Gasteiger partial charge on any atom is -0.444 e. The number of benzene rings is 1. The molecule has 0 aliphatic carbocycles. The third-order valence-corrected chi connectivity index (χ3v) is 5.76. The quantitative estimate of drug-likeness (QED) is 0.196. The lowest BCUT2D eigenvalue weighted by Gasteiger charge is -2.32. The summed E-state index contributed by atoms with van der Waals surface area (Å²) in [5, 5.41) is 0. The topological polar surface area (TPSA) is 123 Å². The maximum atomic E-state index is 12.3. The number of alkyl halides is 2. The number of halogens is 2. The number of nitrogens with zero attached hydrogens (tertiary/aromatic N) is 1. The van der Waals surface area contributed by atoms with Gasteiger partial charge in [0.15, 0.2) is 6.29 Å². The van der Waals surface area contributed by atoms with Crippen LogP contribution in [0.2, 0.25) is 0 Å². The van der Waals surface area contributed by atoms with E-state index in [0.717, 1.165) is 0 Å². The van der Waals surface area contributed by atoms with E-state index < -0.39 is 36.7 Å². The number of carbonyl (C=O) groups is 2. The van der Waals surface area contributed by atoms with Gasteiger partial charge in [-0.1, -0.05) is 53.5 Å². The highest BCUT2D eigenvalue weighted by Crippen LogP contribution is 2.58. The number of carbonyl (C=O) groups excluding carboxylic acids is 2. The molecule has 0 aliphatic heterocycles. The largest absolute Gasteiger partial charge is 0.444 e. The zero-order chi connectivity index (χ0) is 20.7. The van der Waals surface area contributed by atoms with Gasteiger partial charge in [-0.25, -0.2) is 4.79 Å². The minimum absolute atomic E-state index is 0.195. The predicted octanol–water partition coefficient (Wildman–Crippen LogP) is 2.82. The second kappa shape index (κ2) is 10.3. The van der Waals surface area contributed by atoms with Crippen LogP contribution in [-0.4, -0.2) is 50.4 Å². The third-order valence-electron chi connectivity index (χ3n) is 3.09. The van der Waals surface area contributed by atoms with Crippen LogP contribution in [0.1, 0.15) is 19.4 Å². The summed E-state index contributed by atoms with van der Waals surface area (Å²) in [4.78, 5) is 43.2. The number of esters is 1. The Hall–Kier alpha value is -1.35. The fraction of sp³-hybridized carbons (Fsp3) is 0.467. The Labute approximate surface area is 166 Å². The van der Waals surface area contributed by atoms with E-state index in [-0.39, 0.29) is 18.1 Å². The average molecular weight is 444 g/mol. The van der Waals surface area contributed by atoms with Crippen molar-refractivity contribution in [1.29, 1.82) is 0 Å². The molecule has 1 atom stereocenters. The Morgan fingerprint density at radius 2 is 1.85 bits per heavy atom. The summed E-state index contributed by atoms with van der Waals surface area (Å²) in [5.41, 5.74) is 0.601. The van der Waals surface area contributed by atoms with Crippen molar-refractivity contribution in [2.75, 3.05) is 13.2 Å². The van der Waals surface area contributed by atoms with Crippen molar-refractivity contribution in [3.63, 3.8) is 0 Å². The molecule has 0 fully saturated rings. The summed E-state index contributed by atoms with van der Waals surface area (Å²) in [6, 6.07) is 8.48. The van der Waals surface area contributed by atoms with E-state index in [0.29, 0.717) is 5.56 Å². The van der Waals surface area contributed by atoms with Crippen LogP contribution in [0.3, 0.4) is 0 Å². The standard InChI is InChI=1S/C15H20Cl2NO8P/c1-3-24-11(2)26-13(19)9-18(15(16,17)27(21,22)23)14(20)25-10-12-7-5-4-6-8-12/h4-8,11H,3,9-10H2,1-2H3,(H2,21,22,23). The molecule has 1 aromatic rings. The zero-order valence-corrected chi connectivity index (χ0v) is 17.0. The predicted molar refractivity (Wildman–Crippen MR) is 97.0 cm³/mol. The van der Waals surface area contributed by atoms with Crippen LogP contribution >= 0.6 is 30.8 Å². The van der Waals surface area contributed by atoms with Gasteiger partial charge in [0.2, 0.25) is 0 Å². The molecule has 152 valence electrons. The summed E-state index contributed by atoms with van der Waals surface area (Å²) in [6.45, 7) is 2.16. The van der Waals surface area contributed by atoms with Gasteiger partial charge in [0.05, 0.1) is 0 Å². The van der Waals surface area contributed by atoms with Crippen molar-refractivity contribution >= 4 is 42.9 Å². The first kappa shape index (κ1) is 23.7. The van der Waals surface area contributed by atoms with Gasteiger partial charge in [0.1, 0.15) is 13.2 Å². The second-order valence-corrected chi connectivity index (χ2v) is 8.74. The molecule has 0 saturated heterocycles. The van der Waals surface area contributed by atoms with Gasteiger partial charge >= 0.3 is 19.7 Å². The van der Waals surface area contributed by atoms with Crippen LogP contribution in [-0.2, 0) is 30.2 Å². The van der Waals surface area contributed by atoms with Crippen molar-refractivity contribution in [2.45, 2.75) is 30.9 Å². The fourth-order valence-corrected chi connectivity index (χ4v) is 2.57. The maximum absolute atomic E-state index is 12.3. The van der Waals surface area contributed by atoms with E-state index in [1.807, 2.05) is 0 Å². The molecule has 1 aromatic carbocycles. The Morgan fingerprint density at radius 3 is 2.37 bits per heavy atom. The lowest BCUT2D eigenvalue weighted by Crippen LogP contribution is -2.47. The highest BCUT2D eigenvalue weighted by Gasteiger charge is 2.53. The van der Waals surface area contributed by atoms with Crippen molar-refractivity contribution in [2.24, 2.45) is 0 Å². The molecule has 0 spiro atoms. The van der Waals surface area contributed by atoms with E-state index in [1.165, 1.54) is 6.92 Å². The van der Waals surface area contributed by atoms with Gasteiger partial charge in [-0.15, -0.1) is 0 Å². The van der Waals surface area contributed by atoms with Gasteiger partial charge in [0, 0.05) is 6.61 Å². The fourth-order valence-electron chi connectivity index (χ4n) is 1.84. The molecule has 2 N–H and O–H groups in total. The number of rotatable bonds is 9. The molecule has 0 bridgehead atoms. The van der Waals surface area contributed by atoms with Crippen LogP contribution in [0, 0.1) is 0 Å². The van der Waals surface area contributed by atoms with Crippen LogP contribution < -0.4 is 0 Å². The summed E-state index contributed by atoms with van der Waals surface area (Å²) < 4.78 is 23.4. The Balaban J connectivity index is 2.92. The summed E-state index contributed by atoms with van der Waals surface area (Å²) >= 11 is 11.4. The van der Waals surface area contributed by atoms with Crippen molar-refractivity contribution in [3.05, 3.63) is 35.9 Å². The van der Waals surface area contributed by atoms with E-state index >= 15 is 0 Å². The van der Waals surface area contributed by atoms with Crippen molar-refractivity contribution in [1.82, 2.24) is 4.90 Å². The van der Waals surface area contributed by atoms with Gasteiger partial charge < -0.3 is 24.0 Å². The monoisotopic (exact) mass is 443 g/mol. The lowest BCUT2D eigenvalue weighted by molar-refractivity contribution is -0.174. The molecule has 12 heteroatoms. The molecule has 0 heterocycles. The second-order valence-electron chi connectivity index (χ2n) is 5.19. The van der Waals surface area contributed by atoms with E-state index in [4.69, 9.17) is 37.4 Å². The Morgan fingerprint density at radius 1 is 1.26 bits per heavy atom. The molecule has 1 rings (SSSR count). The van der Waals surface area contributed by atoms with E-state index in [9.17, 15) is 23.9 Å². The molecule has 0 aliphatic rings. The zero-order valence-electron chi connectivity index (χ0n) is 14.6. The maximum Gasteiger partial charge on any atom is 0.413 e. The molecule has 1 amide bonds. The molecule has 0 aromatic heterocycles. The SMILES string of the molecule is CCOC(C)OC(=O)CN(C(=O)OCc1ccccc1)C(Cl)(Cl)P(=O)(O)O. The molecular weight excluding hydrogens is 424 g/mol. The third kappa shape index (κ3) is 7.29. The normalized spacial score (nSPS) is 13.0. The number of hydrogen-bond donors (Lipinski definition) is 2. The van der Waals surface area contributed by atoms with Crippen LogP contribution in [0.4, 0.5) is 4.79 Å². The number of ether oxygens (including phenoxy) is 3. The molecule has 9 nitrogen and oxygen atoms in total. The Bertz CT molecular complexity index is 682. The highest BCUT2D eigenvalue weighted by atomic mass is 35.5. The smallest absolute Gasteiger partial charge is 0.413 e.